The molecular weight excluding hydrogens is 282 g/mol. The van der Waals surface area contributed by atoms with E-state index < -0.39 is 5.72 Å². The smallest absolute Gasteiger partial charge is 0.228 e. The summed E-state index contributed by atoms with van der Waals surface area (Å²) in [5.74, 6) is 0.465. The molecule has 0 spiro atoms. The first-order valence-corrected chi connectivity index (χ1v) is 8.34. The van der Waals surface area contributed by atoms with Crippen molar-refractivity contribution in [2.45, 2.75) is 39.0 Å². The van der Waals surface area contributed by atoms with E-state index in [1.165, 1.54) is 11.8 Å². The number of thioether (sulfide) groups is 1. The van der Waals surface area contributed by atoms with E-state index in [9.17, 15) is 5.11 Å². The number of benzene rings is 1. The monoisotopic (exact) mass is 305 g/mol. The van der Waals surface area contributed by atoms with Crippen molar-refractivity contribution >= 4 is 22.8 Å². The highest BCUT2D eigenvalue weighted by Crippen LogP contribution is 2.36. The molecule has 0 radical (unpaired) electrons. The van der Waals surface area contributed by atoms with Gasteiger partial charge >= 0.3 is 0 Å². The van der Waals surface area contributed by atoms with E-state index in [-0.39, 0.29) is 5.54 Å². The zero-order valence-corrected chi connectivity index (χ0v) is 14.1. The second kappa shape index (κ2) is 5.81. The Bertz CT molecular complexity index is 563. The summed E-state index contributed by atoms with van der Waals surface area (Å²) < 4.78 is 0. The second-order valence-electron chi connectivity index (χ2n) is 5.99. The molecule has 0 saturated heterocycles. The molecule has 0 aromatic heterocycles. The maximum Gasteiger partial charge on any atom is 0.228 e. The fourth-order valence-electron chi connectivity index (χ4n) is 2.38. The Hall–Kier alpha value is -1.33. The van der Waals surface area contributed by atoms with Crippen LogP contribution in [0, 0.1) is 0 Å². The van der Waals surface area contributed by atoms with Crippen LogP contribution in [0.5, 0.6) is 0 Å². The summed E-state index contributed by atoms with van der Waals surface area (Å²) in [5.41, 5.74) is -0.793. The molecule has 1 atom stereocenters. The van der Waals surface area contributed by atoms with Gasteiger partial charge in [0.1, 0.15) is 0 Å². The molecule has 0 bridgehead atoms. The molecule has 1 aliphatic heterocycles. The van der Waals surface area contributed by atoms with Gasteiger partial charge in [0.25, 0.3) is 0 Å². The molecule has 2 rings (SSSR count). The third-order valence-electron chi connectivity index (χ3n) is 3.25. The normalized spacial score (nSPS) is 24.6. The topological polar surface area (TPSA) is 48.2 Å². The summed E-state index contributed by atoms with van der Waals surface area (Å²) in [7, 11) is 0. The SMILES string of the molecule is CCN1C(SC)=NC(=NC(C)(C)C)C1(O)c1ccccc1. The van der Waals surface area contributed by atoms with E-state index in [0.717, 1.165) is 10.7 Å². The largest absolute Gasteiger partial charge is 0.361 e. The summed E-state index contributed by atoms with van der Waals surface area (Å²) in [6.07, 6.45) is 1.97. The van der Waals surface area contributed by atoms with Crippen molar-refractivity contribution < 1.29 is 5.11 Å². The van der Waals surface area contributed by atoms with Gasteiger partial charge in [-0.3, -0.25) is 4.99 Å². The van der Waals surface area contributed by atoms with E-state index in [2.05, 4.69) is 9.98 Å². The van der Waals surface area contributed by atoms with Crippen molar-refractivity contribution in [1.82, 2.24) is 4.90 Å². The Balaban J connectivity index is 2.61. The van der Waals surface area contributed by atoms with Gasteiger partial charge in [-0.2, -0.15) is 0 Å². The van der Waals surface area contributed by atoms with E-state index in [1.807, 2.05) is 69.2 Å². The third-order valence-corrected chi connectivity index (χ3v) is 3.93. The van der Waals surface area contributed by atoms with Crippen LogP contribution < -0.4 is 0 Å². The van der Waals surface area contributed by atoms with Crippen LogP contribution in [0.2, 0.25) is 0 Å². The second-order valence-corrected chi connectivity index (χ2v) is 6.76. The molecule has 1 unspecified atom stereocenters. The van der Waals surface area contributed by atoms with Crippen LogP contribution >= 0.6 is 11.8 Å². The molecule has 1 aliphatic rings. The van der Waals surface area contributed by atoms with Crippen molar-refractivity contribution in [3.8, 4) is 0 Å². The average molecular weight is 305 g/mol. The Morgan fingerprint density at radius 2 is 1.90 bits per heavy atom. The van der Waals surface area contributed by atoms with Crippen LogP contribution in [-0.4, -0.2) is 39.3 Å². The van der Waals surface area contributed by atoms with E-state index >= 15 is 0 Å². The number of nitrogens with zero attached hydrogens (tertiary/aromatic N) is 3. The molecule has 1 N–H and O–H groups in total. The minimum absolute atomic E-state index is 0.297. The lowest BCUT2D eigenvalue weighted by Gasteiger charge is -2.35. The first-order valence-electron chi connectivity index (χ1n) is 7.11. The van der Waals surface area contributed by atoms with Crippen molar-refractivity contribution in [3.63, 3.8) is 0 Å². The Morgan fingerprint density at radius 1 is 1.29 bits per heavy atom. The lowest BCUT2D eigenvalue weighted by atomic mass is 10.00. The fraction of sp³-hybridized carbons (Fsp3) is 0.500. The van der Waals surface area contributed by atoms with Crippen LogP contribution in [0.25, 0.3) is 0 Å². The molecule has 5 heteroatoms. The summed E-state index contributed by atoms with van der Waals surface area (Å²) in [6, 6.07) is 9.62. The highest BCUT2D eigenvalue weighted by molar-refractivity contribution is 8.13. The number of hydrogen-bond donors (Lipinski definition) is 1. The minimum atomic E-state index is -1.29. The molecule has 1 aromatic rings. The highest BCUT2D eigenvalue weighted by atomic mass is 32.2. The van der Waals surface area contributed by atoms with Gasteiger partial charge in [-0.1, -0.05) is 42.1 Å². The number of rotatable bonds is 2. The Labute approximate surface area is 131 Å². The average Bonchev–Trinajstić information content (AvgIpc) is 2.71. The number of amidine groups is 2. The zero-order chi connectivity index (χ0) is 15.7. The van der Waals surface area contributed by atoms with Crippen LogP contribution in [0.3, 0.4) is 0 Å². The number of aliphatic imine (C=N–C) groups is 2. The highest BCUT2D eigenvalue weighted by Gasteiger charge is 2.48. The predicted molar refractivity (Wildman–Crippen MR) is 90.9 cm³/mol. The van der Waals surface area contributed by atoms with Crippen LogP contribution in [0.1, 0.15) is 33.3 Å². The molecule has 0 saturated carbocycles. The Kier molecular flexibility index (Phi) is 4.44. The van der Waals surface area contributed by atoms with E-state index in [0.29, 0.717) is 12.4 Å². The molecular formula is C16H23N3OS. The van der Waals surface area contributed by atoms with Gasteiger partial charge < -0.3 is 10.0 Å². The van der Waals surface area contributed by atoms with Gasteiger partial charge in [0, 0.05) is 12.1 Å². The standard InChI is InChI=1S/C16H23N3OS/c1-6-19-14(21-5)17-13(18-15(2,3)4)16(19,20)12-10-8-7-9-11-12/h7-11,20H,6H2,1-5H3. The summed E-state index contributed by atoms with van der Waals surface area (Å²) in [6.45, 7) is 8.70. The van der Waals surface area contributed by atoms with Gasteiger partial charge in [-0.15, -0.1) is 0 Å². The summed E-state index contributed by atoms with van der Waals surface area (Å²) in [5, 5.41) is 12.2. The Morgan fingerprint density at radius 3 is 2.38 bits per heavy atom. The number of likely N-dealkylation sites (N-methyl/N-ethyl adjacent to an activating group) is 1. The maximum absolute atomic E-state index is 11.4. The van der Waals surface area contributed by atoms with Gasteiger partial charge in [-0.05, 0) is 34.0 Å². The third kappa shape index (κ3) is 2.99. The first-order chi connectivity index (χ1) is 9.82. The molecule has 1 heterocycles. The molecule has 0 aliphatic carbocycles. The van der Waals surface area contributed by atoms with Crippen molar-refractivity contribution in [3.05, 3.63) is 35.9 Å². The lowest BCUT2D eigenvalue weighted by Crippen LogP contribution is -2.48. The minimum Gasteiger partial charge on any atom is -0.361 e. The van der Waals surface area contributed by atoms with Gasteiger partial charge in [0.05, 0.1) is 5.54 Å². The van der Waals surface area contributed by atoms with Gasteiger partial charge in [0.2, 0.25) is 5.72 Å². The first kappa shape index (κ1) is 16.0. The predicted octanol–water partition coefficient (Wildman–Crippen LogP) is 3.08. The number of hydrogen-bond acceptors (Lipinski definition) is 4. The number of aliphatic hydroxyl groups is 1. The van der Waals surface area contributed by atoms with Gasteiger partial charge in [0.15, 0.2) is 11.0 Å². The molecule has 21 heavy (non-hydrogen) atoms. The van der Waals surface area contributed by atoms with E-state index in [1.54, 1.807) is 0 Å². The fourth-order valence-corrected chi connectivity index (χ4v) is 3.04. The molecule has 0 amide bonds. The van der Waals surface area contributed by atoms with Crippen molar-refractivity contribution in [2.24, 2.45) is 9.98 Å². The van der Waals surface area contributed by atoms with Crippen LogP contribution in [-0.2, 0) is 5.72 Å². The summed E-state index contributed by atoms with van der Waals surface area (Å²) >= 11 is 1.53. The lowest BCUT2D eigenvalue weighted by molar-refractivity contribution is -0.000458. The maximum atomic E-state index is 11.4. The van der Waals surface area contributed by atoms with E-state index in [4.69, 9.17) is 0 Å². The zero-order valence-electron chi connectivity index (χ0n) is 13.3. The summed E-state index contributed by atoms with van der Waals surface area (Å²) in [4.78, 5) is 11.1. The van der Waals surface area contributed by atoms with Crippen molar-refractivity contribution in [1.29, 1.82) is 0 Å². The van der Waals surface area contributed by atoms with Gasteiger partial charge in [-0.25, -0.2) is 4.99 Å². The van der Waals surface area contributed by atoms with Crippen LogP contribution in [0.15, 0.2) is 40.3 Å². The molecule has 114 valence electrons. The molecule has 0 fully saturated rings. The molecule has 4 nitrogen and oxygen atoms in total. The molecule has 1 aromatic carbocycles. The van der Waals surface area contributed by atoms with Crippen LogP contribution in [0.4, 0.5) is 0 Å². The quantitative estimate of drug-likeness (QED) is 0.913. The van der Waals surface area contributed by atoms with Crippen molar-refractivity contribution in [2.75, 3.05) is 12.8 Å².